The van der Waals surface area contributed by atoms with Gasteiger partial charge in [0.15, 0.2) is 0 Å². The molecule has 0 aliphatic carbocycles. The Balaban J connectivity index is 2.24. The number of hydrogen-bond acceptors (Lipinski definition) is 4. The summed E-state index contributed by atoms with van der Waals surface area (Å²) in [6, 6.07) is 11.8. The number of anilines is 1. The van der Waals surface area contributed by atoms with Crippen molar-refractivity contribution in [3.8, 4) is 0 Å². The third-order valence-corrected chi connectivity index (χ3v) is 7.57. The molecule has 0 fully saturated rings. The first-order valence-corrected chi connectivity index (χ1v) is 15.0. The smallest absolute Gasteiger partial charge is 0.242 e. The number of benzene rings is 2. The maximum atomic E-state index is 13.5. The van der Waals surface area contributed by atoms with E-state index in [9.17, 15) is 18.0 Å². The van der Waals surface area contributed by atoms with Gasteiger partial charge in [0, 0.05) is 31.1 Å². The molecule has 7 nitrogen and oxygen atoms in total. The van der Waals surface area contributed by atoms with Gasteiger partial charge in [-0.25, -0.2) is 8.42 Å². The lowest BCUT2D eigenvalue weighted by molar-refractivity contribution is -0.141. The summed E-state index contributed by atoms with van der Waals surface area (Å²) in [6.45, 7) is 8.72. The molecule has 1 N–H and O–H groups in total. The SMILES string of the molecule is CCC(C(=O)NCC(C)C)N(Cc1cccc(C)c1)C(=O)CCCN(c1cc(Cl)ccc1Cl)S(C)(=O)=O. The molecule has 2 rings (SSSR count). The van der Waals surface area contributed by atoms with E-state index in [0.29, 0.717) is 18.0 Å². The molecule has 2 aromatic carbocycles. The van der Waals surface area contributed by atoms with E-state index in [4.69, 9.17) is 23.2 Å². The Morgan fingerprint density at radius 1 is 1.08 bits per heavy atom. The highest BCUT2D eigenvalue weighted by atomic mass is 35.5. The van der Waals surface area contributed by atoms with Gasteiger partial charge in [-0.3, -0.25) is 13.9 Å². The van der Waals surface area contributed by atoms with Crippen LogP contribution in [0.2, 0.25) is 10.0 Å². The average Bonchev–Trinajstić information content (AvgIpc) is 2.81. The second-order valence-corrected chi connectivity index (χ2v) is 12.4. The molecular formula is C27H37Cl2N3O4S. The van der Waals surface area contributed by atoms with Crippen LogP contribution in [0, 0.1) is 12.8 Å². The van der Waals surface area contributed by atoms with Crippen LogP contribution in [-0.2, 0) is 26.2 Å². The fourth-order valence-corrected chi connectivity index (χ4v) is 5.41. The van der Waals surface area contributed by atoms with E-state index in [1.165, 1.54) is 12.1 Å². The number of amides is 2. The summed E-state index contributed by atoms with van der Waals surface area (Å²) in [7, 11) is -3.68. The van der Waals surface area contributed by atoms with Crippen LogP contribution < -0.4 is 9.62 Å². The van der Waals surface area contributed by atoms with Crippen LogP contribution in [0.3, 0.4) is 0 Å². The molecular weight excluding hydrogens is 533 g/mol. The van der Waals surface area contributed by atoms with Crippen LogP contribution in [-0.4, -0.2) is 50.5 Å². The Morgan fingerprint density at radius 3 is 2.38 bits per heavy atom. The lowest BCUT2D eigenvalue weighted by atomic mass is 10.1. The molecule has 0 saturated heterocycles. The quantitative estimate of drug-likeness (QED) is 0.348. The minimum absolute atomic E-state index is 0.0409. The minimum atomic E-state index is -3.68. The van der Waals surface area contributed by atoms with Crippen molar-refractivity contribution in [2.75, 3.05) is 23.7 Å². The van der Waals surface area contributed by atoms with Crippen molar-refractivity contribution >= 4 is 50.7 Å². The molecule has 0 radical (unpaired) electrons. The number of nitrogens with zero attached hydrogens (tertiary/aromatic N) is 2. The van der Waals surface area contributed by atoms with Crippen LogP contribution in [0.15, 0.2) is 42.5 Å². The number of aryl methyl sites for hydroxylation is 1. The molecule has 10 heteroatoms. The van der Waals surface area contributed by atoms with Gasteiger partial charge in [-0.15, -0.1) is 0 Å². The zero-order valence-corrected chi connectivity index (χ0v) is 24.5. The normalized spacial score (nSPS) is 12.3. The molecule has 0 heterocycles. The lowest BCUT2D eigenvalue weighted by Gasteiger charge is -2.31. The van der Waals surface area contributed by atoms with Crippen LogP contribution >= 0.6 is 23.2 Å². The largest absolute Gasteiger partial charge is 0.354 e. The molecule has 0 aliphatic heterocycles. The highest BCUT2D eigenvalue weighted by molar-refractivity contribution is 7.92. The summed E-state index contributed by atoms with van der Waals surface area (Å²) in [6.07, 6.45) is 1.84. The molecule has 37 heavy (non-hydrogen) atoms. The van der Waals surface area contributed by atoms with Crippen molar-refractivity contribution in [1.82, 2.24) is 10.2 Å². The van der Waals surface area contributed by atoms with Crippen molar-refractivity contribution in [3.63, 3.8) is 0 Å². The number of carbonyl (C=O) groups excluding carboxylic acids is 2. The van der Waals surface area contributed by atoms with Crippen molar-refractivity contribution < 1.29 is 18.0 Å². The molecule has 0 spiro atoms. The zero-order chi connectivity index (χ0) is 27.8. The number of sulfonamides is 1. The van der Waals surface area contributed by atoms with Gasteiger partial charge in [-0.05, 0) is 49.4 Å². The molecule has 0 bridgehead atoms. The third-order valence-electron chi connectivity index (χ3n) is 5.83. The molecule has 204 valence electrons. The van der Waals surface area contributed by atoms with Gasteiger partial charge in [0.1, 0.15) is 6.04 Å². The summed E-state index contributed by atoms with van der Waals surface area (Å²) in [5, 5.41) is 3.54. The lowest BCUT2D eigenvalue weighted by Crippen LogP contribution is -2.49. The molecule has 0 saturated carbocycles. The number of rotatable bonds is 13. The summed E-state index contributed by atoms with van der Waals surface area (Å²) >= 11 is 12.3. The second kappa shape index (κ2) is 14.0. The van der Waals surface area contributed by atoms with Crippen LogP contribution in [0.1, 0.15) is 51.2 Å². The first-order valence-electron chi connectivity index (χ1n) is 12.4. The highest BCUT2D eigenvalue weighted by Crippen LogP contribution is 2.31. The van der Waals surface area contributed by atoms with E-state index >= 15 is 0 Å². The molecule has 2 amide bonds. The third kappa shape index (κ3) is 9.51. The standard InChI is InChI=1S/C27H37Cl2N3O4S/c1-6-24(27(34)30-17-19(2)3)31(18-21-10-7-9-20(4)15-21)26(33)11-8-14-32(37(5,35)36)25-16-22(28)12-13-23(25)29/h7,9-10,12-13,15-16,19,24H,6,8,11,14,17-18H2,1-5H3,(H,30,34). The second-order valence-electron chi connectivity index (χ2n) is 9.61. The van der Waals surface area contributed by atoms with Gasteiger partial charge >= 0.3 is 0 Å². The van der Waals surface area contributed by atoms with Crippen LogP contribution in [0.25, 0.3) is 0 Å². The Bertz CT molecular complexity index is 1190. The van der Waals surface area contributed by atoms with E-state index in [0.717, 1.165) is 21.7 Å². The Hall–Kier alpha value is -2.29. The maximum absolute atomic E-state index is 13.5. The van der Waals surface area contributed by atoms with Gasteiger partial charge in [0.05, 0.1) is 17.0 Å². The maximum Gasteiger partial charge on any atom is 0.242 e. The fourth-order valence-electron chi connectivity index (χ4n) is 4.01. The first-order chi connectivity index (χ1) is 17.3. The van der Waals surface area contributed by atoms with Gasteiger partial charge in [0.2, 0.25) is 21.8 Å². The average molecular weight is 571 g/mol. The Kier molecular flexibility index (Phi) is 11.7. The first kappa shape index (κ1) is 30.9. The predicted octanol–water partition coefficient (Wildman–Crippen LogP) is 5.43. The molecule has 2 aromatic rings. The molecule has 0 aliphatic rings. The van der Waals surface area contributed by atoms with Crippen molar-refractivity contribution in [2.45, 2.75) is 59.5 Å². The van der Waals surface area contributed by atoms with E-state index < -0.39 is 16.1 Å². The van der Waals surface area contributed by atoms with E-state index in [1.807, 2.05) is 52.0 Å². The van der Waals surface area contributed by atoms with E-state index in [2.05, 4.69) is 5.32 Å². The number of carbonyl (C=O) groups is 2. The van der Waals surface area contributed by atoms with Gasteiger partial charge in [-0.1, -0.05) is 73.8 Å². The van der Waals surface area contributed by atoms with Crippen molar-refractivity contribution in [3.05, 3.63) is 63.6 Å². The zero-order valence-electron chi connectivity index (χ0n) is 22.1. The van der Waals surface area contributed by atoms with E-state index in [-0.39, 0.29) is 54.4 Å². The monoisotopic (exact) mass is 569 g/mol. The number of hydrogen-bond donors (Lipinski definition) is 1. The van der Waals surface area contributed by atoms with Gasteiger partial charge in [-0.2, -0.15) is 0 Å². The molecule has 0 aromatic heterocycles. The van der Waals surface area contributed by atoms with Gasteiger partial charge < -0.3 is 10.2 Å². The number of halogens is 2. The topological polar surface area (TPSA) is 86.8 Å². The Labute approximate surface area is 231 Å². The summed E-state index contributed by atoms with van der Waals surface area (Å²) in [5.41, 5.74) is 2.25. The van der Waals surface area contributed by atoms with Gasteiger partial charge in [0.25, 0.3) is 0 Å². The van der Waals surface area contributed by atoms with E-state index in [1.54, 1.807) is 11.0 Å². The highest BCUT2D eigenvalue weighted by Gasteiger charge is 2.29. The van der Waals surface area contributed by atoms with Crippen LogP contribution in [0.4, 0.5) is 5.69 Å². The van der Waals surface area contributed by atoms with Crippen molar-refractivity contribution in [2.24, 2.45) is 5.92 Å². The van der Waals surface area contributed by atoms with Crippen molar-refractivity contribution in [1.29, 1.82) is 0 Å². The number of nitrogens with one attached hydrogen (secondary N) is 1. The summed E-state index contributed by atoms with van der Waals surface area (Å²) < 4.78 is 26.2. The molecule has 1 atom stereocenters. The predicted molar refractivity (Wildman–Crippen MR) is 152 cm³/mol. The minimum Gasteiger partial charge on any atom is -0.354 e. The summed E-state index contributed by atoms with van der Waals surface area (Å²) in [4.78, 5) is 28.1. The fraction of sp³-hybridized carbons (Fsp3) is 0.481. The van der Waals surface area contributed by atoms with Crippen LogP contribution in [0.5, 0.6) is 0 Å². The Morgan fingerprint density at radius 2 is 1.78 bits per heavy atom. The summed E-state index contributed by atoms with van der Waals surface area (Å²) in [5.74, 6) is -0.137. The molecule has 1 unspecified atom stereocenters.